The molecule has 2 aromatic heterocycles. The molecule has 2 fully saturated rings. The molecule has 0 spiro atoms. The zero-order chi connectivity index (χ0) is 16.8. The number of ether oxygens (including phenoxy) is 1. The normalized spacial score (nSPS) is 29.6. The van der Waals surface area contributed by atoms with Crippen LogP contribution >= 0.6 is 22.6 Å². The van der Waals surface area contributed by atoms with Gasteiger partial charge < -0.3 is 9.64 Å². The smallest absolute Gasteiger partial charge is 0.280 e. The van der Waals surface area contributed by atoms with Gasteiger partial charge in [-0.25, -0.2) is 9.98 Å². The summed E-state index contributed by atoms with van der Waals surface area (Å²) in [7, 11) is 3.71. The van der Waals surface area contributed by atoms with Crippen LogP contribution in [0.2, 0.25) is 0 Å². The molecule has 0 amide bonds. The highest BCUT2D eigenvalue weighted by Crippen LogP contribution is 2.46. The minimum absolute atomic E-state index is 0.109. The van der Waals surface area contributed by atoms with Gasteiger partial charge in [0.2, 0.25) is 5.95 Å². The number of H-pyrrole nitrogens is 1. The Morgan fingerprint density at radius 1 is 1.50 bits per heavy atom. The molecule has 1 aliphatic heterocycles. The van der Waals surface area contributed by atoms with Crippen LogP contribution in [0.3, 0.4) is 0 Å². The molecule has 4 atom stereocenters. The second-order valence-electron chi connectivity index (χ2n) is 6.57. The molecule has 24 heavy (non-hydrogen) atoms. The van der Waals surface area contributed by atoms with Crippen LogP contribution < -0.4 is 5.56 Å². The highest BCUT2D eigenvalue weighted by molar-refractivity contribution is 14.1. The molecule has 9 heteroatoms. The topological polar surface area (TPSA) is 88.4 Å². The van der Waals surface area contributed by atoms with Crippen molar-refractivity contribution in [3.63, 3.8) is 0 Å². The van der Waals surface area contributed by atoms with Crippen molar-refractivity contribution < 1.29 is 4.74 Å². The molecule has 4 unspecified atom stereocenters. The van der Waals surface area contributed by atoms with Crippen LogP contribution in [0, 0.1) is 5.92 Å². The first-order valence-electron chi connectivity index (χ1n) is 8.00. The molecule has 2 aliphatic rings. The van der Waals surface area contributed by atoms with E-state index in [2.05, 4.69) is 42.5 Å². The van der Waals surface area contributed by atoms with E-state index < -0.39 is 0 Å². The molecular weight excluding hydrogens is 423 g/mol. The van der Waals surface area contributed by atoms with Gasteiger partial charge in [-0.1, -0.05) is 22.6 Å². The van der Waals surface area contributed by atoms with E-state index in [1.54, 1.807) is 17.6 Å². The van der Waals surface area contributed by atoms with Crippen LogP contribution in [0.25, 0.3) is 11.2 Å². The summed E-state index contributed by atoms with van der Waals surface area (Å²) in [5, 5.41) is 0. The second-order valence-corrected chi connectivity index (χ2v) is 8.17. The Hall–Kier alpha value is -1.49. The van der Waals surface area contributed by atoms with Crippen LogP contribution in [0.1, 0.15) is 25.5 Å². The van der Waals surface area contributed by atoms with E-state index in [9.17, 15) is 4.79 Å². The molecule has 8 nitrogen and oxygen atoms in total. The van der Waals surface area contributed by atoms with E-state index in [0.29, 0.717) is 27.1 Å². The number of aromatic nitrogens is 4. The summed E-state index contributed by atoms with van der Waals surface area (Å²) in [4.78, 5) is 29.5. The van der Waals surface area contributed by atoms with Gasteiger partial charge in [0, 0.05) is 18.0 Å². The largest absolute Gasteiger partial charge is 0.369 e. The maximum atomic E-state index is 12.2. The zero-order valence-corrected chi connectivity index (χ0v) is 15.7. The second kappa shape index (κ2) is 6.10. The third-order valence-electron chi connectivity index (χ3n) is 4.59. The number of hydrogen-bond acceptors (Lipinski definition) is 5. The third-order valence-corrected chi connectivity index (χ3v) is 5.93. The van der Waals surface area contributed by atoms with Crippen LogP contribution in [0.5, 0.6) is 0 Å². The number of rotatable bonds is 3. The Morgan fingerprint density at radius 3 is 3.08 bits per heavy atom. The Morgan fingerprint density at radius 2 is 2.33 bits per heavy atom. The van der Waals surface area contributed by atoms with Crippen molar-refractivity contribution in [3.8, 4) is 0 Å². The highest BCUT2D eigenvalue weighted by Gasteiger charge is 2.44. The standard InChI is InChI=1S/C15H19IN6O2/c1-21(2)6-18-15-19-13-11(14(23)20-15)17-7-22(13)10-5-8-3-4-9(16)12(8)24-10/h6-10,12H,3-5H2,1-2H3,(H,19,20,23). The number of hydrogen-bond donors (Lipinski definition) is 1. The Bertz CT molecular complexity index is 844. The first-order valence-corrected chi connectivity index (χ1v) is 9.24. The van der Waals surface area contributed by atoms with Crippen molar-refractivity contribution in [2.45, 2.75) is 35.5 Å². The lowest BCUT2D eigenvalue weighted by atomic mass is 10.0. The van der Waals surface area contributed by atoms with Gasteiger partial charge in [-0.05, 0) is 25.2 Å². The molecule has 3 heterocycles. The average molecular weight is 442 g/mol. The van der Waals surface area contributed by atoms with Gasteiger partial charge in [-0.3, -0.25) is 14.3 Å². The fourth-order valence-electron chi connectivity index (χ4n) is 3.48. The molecule has 1 N–H and O–H groups in total. The van der Waals surface area contributed by atoms with Crippen molar-refractivity contribution in [2.24, 2.45) is 10.9 Å². The summed E-state index contributed by atoms with van der Waals surface area (Å²) < 4.78 is 8.68. The van der Waals surface area contributed by atoms with E-state index in [1.165, 1.54) is 12.8 Å². The summed E-state index contributed by atoms with van der Waals surface area (Å²) in [5.41, 5.74) is 0.569. The zero-order valence-electron chi connectivity index (χ0n) is 13.5. The van der Waals surface area contributed by atoms with Gasteiger partial charge in [-0.2, -0.15) is 4.98 Å². The summed E-state index contributed by atoms with van der Waals surface area (Å²) in [6, 6.07) is 0. The SMILES string of the molecule is CN(C)C=Nc1nc2c(ncn2C2CC3CCC(I)C3O2)c(=O)[nH]1. The number of nitrogens with zero attached hydrogens (tertiary/aromatic N) is 5. The Balaban J connectivity index is 1.70. The van der Waals surface area contributed by atoms with E-state index >= 15 is 0 Å². The minimum Gasteiger partial charge on any atom is -0.369 e. The molecule has 0 aromatic carbocycles. The maximum absolute atomic E-state index is 12.2. The van der Waals surface area contributed by atoms with Crippen LogP contribution in [-0.4, -0.2) is 54.9 Å². The molecule has 1 aliphatic carbocycles. The van der Waals surface area contributed by atoms with Crippen molar-refractivity contribution in [1.82, 2.24) is 24.4 Å². The minimum atomic E-state index is -0.283. The molecule has 4 rings (SSSR count). The summed E-state index contributed by atoms with van der Waals surface area (Å²) in [6.45, 7) is 0. The summed E-state index contributed by atoms with van der Waals surface area (Å²) in [6.07, 6.45) is 6.80. The van der Waals surface area contributed by atoms with Gasteiger partial charge in [-0.15, -0.1) is 0 Å². The third kappa shape index (κ3) is 2.73. The van der Waals surface area contributed by atoms with Crippen molar-refractivity contribution in [1.29, 1.82) is 0 Å². The number of nitrogens with one attached hydrogen (secondary N) is 1. The fraction of sp³-hybridized carbons (Fsp3) is 0.600. The van der Waals surface area contributed by atoms with Crippen molar-refractivity contribution in [3.05, 3.63) is 16.7 Å². The lowest BCUT2D eigenvalue weighted by Crippen LogP contribution is -2.19. The van der Waals surface area contributed by atoms with Gasteiger partial charge in [0.25, 0.3) is 5.56 Å². The van der Waals surface area contributed by atoms with Crippen LogP contribution in [-0.2, 0) is 4.74 Å². The van der Waals surface area contributed by atoms with Crippen LogP contribution in [0.4, 0.5) is 5.95 Å². The molecule has 1 saturated heterocycles. The molecule has 2 aromatic rings. The predicted molar refractivity (Wildman–Crippen MR) is 99.0 cm³/mol. The molecule has 128 valence electrons. The van der Waals surface area contributed by atoms with Gasteiger partial charge in [0.1, 0.15) is 6.23 Å². The Kier molecular flexibility index (Phi) is 4.07. The molecule has 1 saturated carbocycles. The number of fused-ring (bicyclic) bond motifs is 2. The first kappa shape index (κ1) is 16.0. The summed E-state index contributed by atoms with van der Waals surface area (Å²) >= 11 is 2.48. The number of halogens is 1. The molecule has 0 radical (unpaired) electrons. The maximum Gasteiger partial charge on any atom is 0.280 e. The van der Waals surface area contributed by atoms with E-state index in [4.69, 9.17) is 4.74 Å². The molecule has 0 bridgehead atoms. The number of alkyl halides is 1. The number of imidazole rings is 1. The van der Waals surface area contributed by atoms with E-state index in [1.807, 2.05) is 18.7 Å². The van der Waals surface area contributed by atoms with Crippen molar-refractivity contribution >= 4 is 46.0 Å². The lowest BCUT2D eigenvalue weighted by Gasteiger charge is -2.16. The Labute approximate surface area is 152 Å². The predicted octanol–water partition coefficient (Wildman–Crippen LogP) is 1.84. The monoisotopic (exact) mass is 442 g/mol. The van der Waals surface area contributed by atoms with Gasteiger partial charge in [0.05, 0.1) is 18.8 Å². The van der Waals surface area contributed by atoms with Gasteiger partial charge in [0.15, 0.2) is 11.2 Å². The number of aromatic amines is 1. The fourth-order valence-corrected chi connectivity index (χ4v) is 4.59. The van der Waals surface area contributed by atoms with Crippen molar-refractivity contribution in [2.75, 3.05) is 14.1 Å². The summed E-state index contributed by atoms with van der Waals surface area (Å²) in [5.74, 6) is 0.857. The number of aliphatic imine (C=N–C) groups is 1. The average Bonchev–Trinajstić information content (AvgIpc) is 3.21. The molecular formula is C15H19IN6O2. The lowest BCUT2D eigenvalue weighted by molar-refractivity contribution is 0.00612. The van der Waals surface area contributed by atoms with E-state index in [-0.39, 0.29) is 17.7 Å². The van der Waals surface area contributed by atoms with Gasteiger partial charge >= 0.3 is 0 Å². The van der Waals surface area contributed by atoms with Crippen LogP contribution in [0.15, 0.2) is 16.1 Å². The quantitative estimate of drug-likeness (QED) is 0.339. The van der Waals surface area contributed by atoms with E-state index in [0.717, 1.165) is 6.42 Å². The highest BCUT2D eigenvalue weighted by atomic mass is 127. The first-order chi connectivity index (χ1) is 11.5.